The molecule has 1 aromatic carbocycles. The van der Waals surface area contributed by atoms with Crippen LogP contribution in [0.5, 0.6) is 5.75 Å². The molecule has 4 nitrogen and oxygen atoms in total. The van der Waals surface area contributed by atoms with E-state index in [0.717, 1.165) is 12.2 Å². The molecule has 4 heteroatoms. The summed E-state index contributed by atoms with van der Waals surface area (Å²) in [5.41, 5.74) is 3.71. The lowest BCUT2D eigenvalue weighted by Crippen LogP contribution is -2.35. The molecular weight excluding hydrogens is 266 g/mol. The summed E-state index contributed by atoms with van der Waals surface area (Å²) in [6.07, 6.45) is 3.67. The maximum Gasteiger partial charge on any atom is 0.307 e. The average molecular weight is 291 g/mol. The second kappa shape index (κ2) is 6.94. The van der Waals surface area contributed by atoms with Gasteiger partial charge < -0.3 is 14.8 Å². The second-order valence-electron chi connectivity index (χ2n) is 5.86. The highest BCUT2D eigenvalue weighted by atomic mass is 16.5. The summed E-state index contributed by atoms with van der Waals surface area (Å²) in [5, 5.41) is 3.56. The van der Waals surface area contributed by atoms with Crippen molar-refractivity contribution in [2.75, 3.05) is 14.2 Å². The molecular formula is C17H25NO3. The van der Waals surface area contributed by atoms with Crippen molar-refractivity contribution in [3.05, 3.63) is 28.8 Å². The molecule has 0 aromatic heterocycles. The molecule has 1 aliphatic carbocycles. The number of nitrogens with one attached hydrogen (secondary N) is 1. The molecule has 1 N–H and O–H groups in total. The molecule has 21 heavy (non-hydrogen) atoms. The molecule has 0 saturated heterocycles. The molecule has 0 radical (unpaired) electrons. The van der Waals surface area contributed by atoms with Gasteiger partial charge in [-0.2, -0.15) is 0 Å². The van der Waals surface area contributed by atoms with Crippen LogP contribution < -0.4 is 10.1 Å². The first-order chi connectivity index (χ1) is 10.0. The van der Waals surface area contributed by atoms with Crippen LogP contribution in [0, 0.1) is 13.8 Å². The van der Waals surface area contributed by atoms with Crippen molar-refractivity contribution in [1.29, 1.82) is 0 Å². The zero-order chi connectivity index (χ0) is 15.4. The molecule has 1 atom stereocenters. The molecule has 1 aliphatic rings. The number of carbonyl (C=O) groups excluding carboxylic acids is 1. The number of hydrogen-bond acceptors (Lipinski definition) is 4. The van der Waals surface area contributed by atoms with Crippen molar-refractivity contribution >= 4 is 5.97 Å². The maximum atomic E-state index is 11.6. The quantitative estimate of drug-likeness (QED) is 0.784. The summed E-state index contributed by atoms with van der Waals surface area (Å²) in [6, 6.07) is 4.80. The number of ether oxygens (including phenoxy) is 2. The number of hydrogen-bond donors (Lipinski definition) is 1. The molecule has 1 unspecified atom stereocenters. The predicted molar refractivity (Wildman–Crippen MR) is 82.8 cm³/mol. The largest absolute Gasteiger partial charge is 0.497 e. The van der Waals surface area contributed by atoms with E-state index in [2.05, 4.69) is 31.3 Å². The third kappa shape index (κ3) is 4.46. The first kappa shape index (κ1) is 15.8. The van der Waals surface area contributed by atoms with E-state index in [1.54, 1.807) is 7.11 Å². The number of methoxy groups -OCH3 is 2. The van der Waals surface area contributed by atoms with Crippen LogP contribution in [0.3, 0.4) is 0 Å². The topological polar surface area (TPSA) is 47.6 Å². The van der Waals surface area contributed by atoms with Gasteiger partial charge in [0.2, 0.25) is 0 Å². The highest BCUT2D eigenvalue weighted by Crippen LogP contribution is 2.25. The molecule has 0 amide bonds. The van der Waals surface area contributed by atoms with E-state index in [9.17, 15) is 4.79 Å². The van der Waals surface area contributed by atoms with Crippen LogP contribution in [0.1, 0.15) is 36.0 Å². The Kier molecular flexibility index (Phi) is 5.23. The normalized spacial score (nSPS) is 15.6. The molecule has 0 aliphatic heterocycles. The second-order valence-corrected chi connectivity index (χ2v) is 5.86. The van der Waals surface area contributed by atoms with E-state index in [1.807, 2.05) is 0 Å². The third-order valence-electron chi connectivity index (χ3n) is 4.05. The van der Waals surface area contributed by atoms with Gasteiger partial charge in [0.25, 0.3) is 0 Å². The first-order valence-corrected chi connectivity index (χ1v) is 7.50. The average Bonchev–Trinajstić information content (AvgIpc) is 3.26. The predicted octanol–water partition coefficient (Wildman–Crippen LogP) is 2.54. The lowest BCUT2D eigenvalue weighted by molar-refractivity contribution is -0.141. The summed E-state index contributed by atoms with van der Waals surface area (Å²) in [5.74, 6) is 0.727. The molecule has 1 saturated carbocycles. The minimum atomic E-state index is -0.156. The van der Waals surface area contributed by atoms with E-state index < -0.39 is 0 Å². The smallest absolute Gasteiger partial charge is 0.307 e. The summed E-state index contributed by atoms with van der Waals surface area (Å²) < 4.78 is 10.1. The van der Waals surface area contributed by atoms with Crippen molar-refractivity contribution < 1.29 is 14.3 Å². The molecule has 0 spiro atoms. The number of benzene rings is 1. The Morgan fingerprint density at radius 2 is 1.90 bits per heavy atom. The lowest BCUT2D eigenvalue weighted by Gasteiger charge is -2.20. The summed E-state index contributed by atoms with van der Waals surface area (Å²) in [6.45, 7) is 4.19. The Balaban J connectivity index is 2.12. The van der Waals surface area contributed by atoms with Crippen molar-refractivity contribution in [2.24, 2.45) is 0 Å². The van der Waals surface area contributed by atoms with Gasteiger partial charge in [-0.1, -0.05) is 0 Å². The molecule has 0 heterocycles. The van der Waals surface area contributed by atoms with E-state index in [4.69, 9.17) is 9.47 Å². The standard InChI is InChI=1S/C17H25NO3/c1-11-7-15(20-3)8-12(2)16(11)9-14(10-17(19)21-4)18-13-5-6-13/h7-8,13-14,18H,5-6,9-10H2,1-4H3. The van der Waals surface area contributed by atoms with Crippen molar-refractivity contribution in [3.63, 3.8) is 0 Å². The van der Waals surface area contributed by atoms with Gasteiger partial charge in [-0.05, 0) is 61.9 Å². The Labute approximate surface area is 126 Å². The highest BCUT2D eigenvalue weighted by Gasteiger charge is 2.26. The zero-order valence-electron chi connectivity index (χ0n) is 13.4. The summed E-state index contributed by atoms with van der Waals surface area (Å²) in [7, 11) is 3.13. The van der Waals surface area contributed by atoms with Crippen molar-refractivity contribution in [2.45, 2.75) is 51.6 Å². The van der Waals surface area contributed by atoms with Crippen LogP contribution in [0.2, 0.25) is 0 Å². The Morgan fingerprint density at radius 3 is 2.38 bits per heavy atom. The van der Waals surface area contributed by atoms with E-state index in [-0.39, 0.29) is 12.0 Å². The van der Waals surface area contributed by atoms with Crippen LogP contribution in [0.4, 0.5) is 0 Å². The number of rotatable bonds is 7. The number of carbonyl (C=O) groups is 1. The first-order valence-electron chi connectivity index (χ1n) is 7.50. The maximum absolute atomic E-state index is 11.6. The van der Waals surface area contributed by atoms with Gasteiger partial charge >= 0.3 is 5.97 Å². The van der Waals surface area contributed by atoms with E-state index >= 15 is 0 Å². The van der Waals surface area contributed by atoms with Gasteiger partial charge in [0.15, 0.2) is 0 Å². The fourth-order valence-corrected chi connectivity index (χ4v) is 2.70. The minimum Gasteiger partial charge on any atom is -0.497 e. The van der Waals surface area contributed by atoms with Crippen LogP contribution in [0.15, 0.2) is 12.1 Å². The van der Waals surface area contributed by atoms with Gasteiger partial charge in [-0.25, -0.2) is 0 Å². The van der Waals surface area contributed by atoms with Gasteiger partial charge in [-0.15, -0.1) is 0 Å². The Morgan fingerprint density at radius 1 is 1.29 bits per heavy atom. The Bertz CT molecular complexity index is 486. The van der Waals surface area contributed by atoms with Crippen LogP contribution >= 0.6 is 0 Å². The summed E-state index contributed by atoms with van der Waals surface area (Å²) >= 11 is 0. The molecule has 0 bridgehead atoms. The number of esters is 1. The van der Waals surface area contributed by atoms with Crippen LogP contribution in [0.25, 0.3) is 0 Å². The van der Waals surface area contributed by atoms with Crippen LogP contribution in [-0.4, -0.2) is 32.3 Å². The monoisotopic (exact) mass is 291 g/mol. The van der Waals surface area contributed by atoms with Gasteiger partial charge in [0.05, 0.1) is 20.6 Å². The van der Waals surface area contributed by atoms with Gasteiger partial charge in [-0.3, -0.25) is 4.79 Å². The van der Waals surface area contributed by atoms with Crippen LogP contribution in [-0.2, 0) is 16.0 Å². The molecule has 1 aromatic rings. The van der Waals surface area contributed by atoms with Crippen molar-refractivity contribution in [1.82, 2.24) is 5.32 Å². The van der Waals surface area contributed by atoms with Gasteiger partial charge in [0, 0.05) is 12.1 Å². The highest BCUT2D eigenvalue weighted by molar-refractivity contribution is 5.70. The SMILES string of the molecule is COC(=O)CC(Cc1c(C)cc(OC)cc1C)NC1CC1. The minimum absolute atomic E-state index is 0.135. The zero-order valence-corrected chi connectivity index (χ0v) is 13.4. The number of aryl methyl sites for hydroxylation is 2. The fraction of sp³-hybridized carbons (Fsp3) is 0.588. The fourth-order valence-electron chi connectivity index (χ4n) is 2.70. The van der Waals surface area contributed by atoms with Crippen molar-refractivity contribution in [3.8, 4) is 5.75 Å². The summed E-state index contributed by atoms with van der Waals surface area (Å²) in [4.78, 5) is 11.6. The third-order valence-corrected chi connectivity index (χ3v) is 4.05. The molecule has 116 valence electrons. The molecule has 1 fully saturated rings. The Hall–Kier alpha value is -1.55. The van der Waals surface area contributed by atoms with Gasteiger partial charge in [0.1, 0.15) is 5.75 Å². The molecule has 2 rings (SSSR count). The van der Waals surface area contributed by atoms with E-state index in [1.165, 1.54) is 36.6 Å². The van der Waals surface area contributed by atoms with E-state index in [0.29, 0.717) is 12.5 Å². The lowest BCUT2D eigenvalue weighted by atomic mass is 9.94.